The van der Waals surface area contributed by atoms with Crippen molar-refractivity contribution in [3.05, 3.63) is 0 Å². The van der Waals surface area contributed by atoms with Crippen molar-refractivity contribution in [1.82, 2.24) is 9.80 Å². The van der Waals surface area contributed by atoms with Gasteiger partial charge in [0.15, 0.2) is 0 Å². The van der Waals surface area contributed by atoms with E-state index in [0.717, 1.165) is 51.9 Å². The Hall–Kier alpha value is -1.10. The van der Waals surface area contributed by atoms with Gasteiger partial charge in [0.05, 0.1) is 12.0 Å². The molecule has 0 aromatic carbocycles. The van der Waals surface area contributed by atoms with E-state index in [0.29, 0.717) is 18.6 Å². The average molecular weight is 310 g/mol. The molecule has 22 heavy (non-hydrogen) atoms. The van der Waals surface area contributed by atoms with Crippen LogP contribution in [0.4, 0.5) is 0 Å². The SMILES string of the molecule is CC(=O)N1CCC[C@@H](C(=O)N2CCC(OCC(C)C)CC2)C1. The summed E-state index contributed by atoms with van der Waals surface area (Å²) in [4.78, 5) is 27.9. The minimum atomic E-state index is -0.00853. The van der Waals surface area contributed by atoms with Crippen LogP contribution in [0.3, 0.4) is 0 Å². The van der Waals surface area contributed by atoms with Crippen LogP contribution in [0.5, 0.6) is 0 Å². The summed E-state index contributed by atoms with van der Waals surface area (Å²) in [6.45, 7) is 9.67. The lowest BCUT2D eigenvalue weighted by molar-refractivity contribution is -0.142. The Kier molecular flexibility index (Phi) is 6.24. The van der Waals surface area contributed by atoms with Crippen LogP contribution in [0.15, 0.2) is 0 Å². The Morgan fingerprint density at radius 1 is 1.09 bits per heavy atom. The molecule has 1 atom stereocenters. The van der Waals surface area contributed by atoms with E-state index in [9.17, 15) is 9.59 Å². The molecule has 0 spiro atoms. The van der Waals surface area contributed by atoms with Crippen LogP contribution < -0.4 is 0 Å². The van der Waals surface area contributed by atoms with Gasteiger partial charge in [-0.1, -0.05) is 13.8 Å². The normalized spacial score (nSPS) is 23.9. The molecule has 2 saturated heterocycles. The third-order valence-electron chi connectivity index (χ3n) is 4.63. The van der Waals surface area contributed by atoms with E-state index in [1.165, 1.54) is 0 Å². The molecule has 5 heteroatoms. The molecule has 0 aromatic rings. The summed E-state index contributed by atoms with van der Waals surface area (Å²) >= 11 is 0. The first-order valence-electron chi connectivity index (χ1n) is 8.63. The molecule has 5 nitrogen and oxygen atoms in total. The largest absolute Gasteiger partial charge is 0.378 e. The molecule has 126 valence electrons. The van der Waals surface area contributed by atoms with Gasteiger partial charge in [-0.25, -0.2) is 0 Å². The third kappa shape index (κ3) is 4.70. The Bertz CT molecular complexity index is 389. The van der Waals surface area contributed by atoms with Crippen LogP contribution in [0.1, 0.15) is 46.5 Å². The van der Waals surface area contributed by atoms with Gasteiger partial charge in [0.1, 0.15) is 0 Å². The van der Waals surface area contributed by atoms with Crippen molar-refractivity contribution in [3.8, 4) is 0 Å². The fraction of sp³-hybridized carbons (Fsp3) is 0.882. The summed E-state index contributed by atoms with van der Waals surface area (Å²) in [6, 6.07) is 0. The van der Waals surface area contributed by atoms with Crippen LogP contribution in [0, 0.1) is 11.8 Å². The minimum absolute atomic E-state index is 0.00853. The van der Waals surface area contributed by atoms with E-state index in [2.05, 4.69) is 13.8 Å². The Morgan fingerprint density at radius 3 is 2.36 bits per heavy atom. The number of piperidine rings is 2. The van der Waals surface area contributed by atoms with Crippen molar-refractivity contribution in [2.75, 3.05) is 32.8 Å². The quantitative estimate of drug-likeness (QED) is 0.797. The molecule has 0 bridgehead atoms. The van der Waals surface area contributed by atoms with Gasteiger partial charge in [0.25, 0.3) is 0 Å². The number of nitrogens with zero attached hydrogens (tertiary/aromatic N) is 2. The predicted molar refractivity (Wildman–Crippen MR) is 85.4 cm³/mol. The first-order chi connectivity index (χ1) is 10.5. The number of ether oxygens (including phenoxy) is 1. The van der Waals surface area contributed by atoms with Crippen LogP contribution in [0.2, 0.25) is 0 Å². The highest BCUT2D eigenvalue weighted by Gasteiger charge is 2.32. The fourth-order valence-corrected chi connectivity index (χ4v) is 3.29. The number of amides is 2. The number of carbonyl (C=O) groups excluding carboxylic acids is 2. The molecule has 0 N–H and O–H groups in total. The van der Waals surface area contributed by atoms with Crippen molar-refractivity contribution >= 4 is 11.8 Å². The zero-order valence-electron chi connectivity index (χ0n) is 14.2. The van der Waals surface area contributed by atoms with Crippen LogP contribution >= 0.6 is 0 Å². The molecule has 0 radical (unpaired) electrons. The molecule has 2 aliphatic rings. The zero-order valence-corrected chi connectivity index (χ0v) is 14.2. The summed E-state index contributed by atoms with van der Waals surface area (Å²) in [6.07, 6.45) is 4.01. The molecule has 0 aromatic heterocycles. The molecule has 2 aliphatic heterocycles. The molecule has 2 amide bonds. The molecule has 0 unspecified atom stereocenters. The predicted octanol–water partition coefficient (Wildman–Crippen LogP) is 1.91. The van der Waals surface area contributed by atoms with E-state index in [1.54, 1.807) is 6.92 Å². The molecule has 2 heterocycles. The Labute approximate surface area is 134 Å². The van der Waals surface area contributed by atoms with E-state index < -0.39 is 0 Å². The number of rotatable bonds is 4. The minimum Gasteiger partial charge on any atom is -0.378 e. The zero-order chi connectivity index (χ0) is 16.1. The molecule has 2 rings (SSSR count). The van der Waals surface area contributed by atoms with Gasteiger partial charge in [0.2, 0.25) is 11.8 Å². The Balaban J connectivity index is 1.78. The van der Waals surface area contributed by atoms with Crippen molar-refractivity contribution in [1.29, 1.82) is 0 Å². The molecular weight excluding hydrogens is 280 g/mol. The van der Waals surface area contributed by atoms with Gasteiger partial charge in [-0.15, -0.1) is 0 Å². The van der Waals surface area contributed by atoms with Crippen molar-refractivity contribution in [2.45, 2.75) is 52.6 Å². The number of hydrogen-bond acceptors (Lipinski definition) is 3. The average Bonchev–Trinajstić information content (AvgIpc) is 2.53. The van der Waals surface area contributed by atoms with Crippen molar-refractivity contribution in [3.63, 3.8) is 0 Å². The standard InChI is InChI=1S/C17H30N2O3/c1-13(2)12-22-16-6-9-18(10-7-16)17(21)15-5-4-8-19(11-15)14(3)20/h13,15-16H,4-12H2,1-3H3/t15-/m1/s1. The molecular formula is C17H30N2O3. The van der Waals surface area contributed by atoms with Gasteiger partial charge in [-0.05, 0) is 31.6 Å². The maximum atomic E-state index is 12.6. The fourth-order valence-electron chi connectivity index (χ4n) is 3.29. The van der Waals surface area contributed by atoms with E-state index in [4.69, 9.17) is 4.74 Å². The summed E-state index contributed by atoms with van der Waals surface area (Å²) in [5.74, 6) is 0.858. The summed E-state index contributed by atoms with van der Waals surface area (Å²) < 4.78 is 5.88. The van der Waals surface area contributed by atoms with Gasteiger partial charge < -0.3 is 14.5 Å². The Morgan fingerprint density at radius 2 is 1.77 bits per heavy atom. The highest BCUT2D eigenvalue weighted by molar-refractivity contribution is 5.81. The summed E-state index contributed by atoms with van der Waals surface area (Å²) in [7, 11) is 0. The van der Waals surface area contributed by atoms with Gasteiger partial charge >= 0.3 is 0 Å². The van der Waals surface area contributed by atoms with Crippen molar-refractivity contribution in [2.24, 2.45) is 11.8 Å². The van der Waals surface area contributed by atoms with E-state index in [1.807, 2.05) is 9.80 Å². The first kappa shape index (κ1) is 17.3. The van der Waals surface area contributed by atoms with E-state index in [-0.39, 0.29) is 17.7 Å². The maximum Gasteiger partial charge on any atom is 0.227 e. The molecule has 0 aliphatic carbocycles. The van der Waals surface area contributed by atoms with Crippen LogP contribution in [-0.2, 0) is 14.3 Å². The second-order valence-electron chi connectivity index (χ2n) is 7.06. The van der Waals surface area contributed by atoms with E-state index >= 15 is 0 Å². The monoisotopic (exact) mass is 310 g/mol. The second kappa shape index (κ2) is 7.95. The second-order valence-corrected chi connectivity index (χ2v) is 7.06. The summed E-state index contributed by atoms with van der Waals surface area (Å²) in [5.41, 5.74) is 0. The smallest absolute Gasteiger partial charge is 0.227 e. The molecule has 2 fully saturated rings. The van der Waals surface area contributed by atoms with Crippen molar-refractivity contribution < 1.29 is 14.3 Å². The van der Waals surface area contributed by atoms with Crippen LogP contribution in [0.25, 0.3) is 0 Å². The lowest BCUT2D eigenvalue weighted by atomic mass is 9.95. The lowest BCUT2D eigenvalue weighted by Gasteiger charge is -2.37. The third-order valence-corrected chi connectivity index (χ3v) is 4.63. The number of carbonyl (C=O) groups is 2. The first-order valence-corrected chi connectivity index (χ1v) is 8.63. The topological polar surface area (TPSA) is 49.9 Å². The number of hydrogen-bond donors (Lipinski definition) is 0. The van der Waals surface area contributed by atoms with Gasteiger partial charge in [-0.2, -0.15) is 0 Å². The maximum absolute atomic E-state index is 12.6. The molecule has 0 saturated carbocycles. The highest BCUT2D eigenvalue weighted by Crippen LogP contribution is 2.22. The summed E-state index contributed by atoms with van der Waals surface area (Å²) in [5, 5.41) is 0. The van der Waals surface area contributed by atoms with Gasteiger partial charge in [-0.3, -0.25) is 9.59 Å². The van der Waals surface area contributed by atoms with Gasteiger partial charge in [0, 0.05) is 39.7 Å². The van der Waals surface area contributed by atoms with Crippen LogP contribution in [-0.4, -0.2) is 60.5 Å². The number of likely N-dealkylation sites (tertiary alicyclic amines) is 2. The highest BCUT2D eigenvalue weighted by atomic mass is 16.5. The lowest BCUT2D eigenvalue weighted by Crippen LogP contribution is -2.49.